The Morgan fingerprint density at radius 1 is 1.62 bits per heavy atom. The van der Waals surface area contributed by atoms with Crippen LogP contribution >= 0.6 is 0 Å². The van der Waals surface area contributed by atoms with E-state index in [1.165, 1.54) is 0 Å². The van der Waals surface area contributed by atoms with Crippen molar-refractivity contribution < 1.29 is 5.11 Å². The summed E-state index contributed by atoms with van der Waals surface area (Å²) >= 11 is 0. The molecule has 0 rings (SSSR count). The van der Waals surface area contributed by atoms with Gasteiger partial charge in [-0.2, -0.15) is 0 Å². The van der Waals surface area contributed by atoms with E-state index in [0.29, 0.717) is 5.92 Å². The van der Waals surface area contributed by atoms with E-state index in [-0.39, 0.29) is 0 Å². The minimum atomic E-state index is 0.667. The molecule has 0 N–H and O–H groups in total. The molecule has 1 heteroatoms. The molecule has 0 aliphatic carbocycles. The maximum absolute atomic E-state index is 9.77. The summed E-state index contributed by atoms with van der Waals surface area (Å²) in [5.41, 5.74) is 0. The molecule has 0 saturated carbocycles. The van der Waals surface area contributed by atoms with Crippen molar-refractivity contribution in [1.29, 1.82) is 0 Å². The zero-order valence-electron chi connectivity index (χ0n) is 5.55. The van der Waals surface area contributed by atoms with Gasteiger partial charge in [0, 0.05) is 0 Å². The van der Waals surface area contributed by atoms with E-state index in [4.69, 9.17) is 0 Å². The second kappa shape index (κ2) is 4.69. The number of hydrogen-bond acceptors (Lipinski definition) is 0. The Labute approximate surface area is 51.0 Å². The zero-order chi connectivity index (χ0) is 6.41. The van der Waals surface area contributed by atoms with Crippen LogP contribution in [0.15, 0.2) is 12.3 Å². The molecule has 0 bridgehead atoms. The van der Waals surface area contributed by atoms with E-state index in [2.05, 4.69) is 13.8 Å². The van der Waals surface area contributed by atoms with Crippen LogP contribution in [0.3, 0.4) is 0 Å². The molecule has 1 atom stereocenters. The fourth-order valence-corrected chi connectivity index (χ4v) is 0.455. The summed E-state index contributed by atoms with van der Waals surface area (Å²) in [4.78, 5) is 0. The van der Waals surface area contributed by atoms with Crippen LogP contribution in [-0.2, 0) is 5.11 Å². The summed E-state index contributed by atoms with van der Waals surface area (Å²) in [5, 5.41) is 9.77. The fourth-order valence-electron chi connectivity index (χ4n) is 0.455. The van der Waals surface area contributed by atoms with E-state index in [0.717, 1.165) is 19.1 Å². The third kappa shape index (κ3) is 3.72. The van der Waals surface area contributed by atoms with Crippen molar-refractivity contribution in [2.45, 2.75) is 26.7 Å². The van der Waals surface area contributed by atoms with E-state index < -0.39 is 0 Å². The monoisotopic (exact) mass is 113 g/mol. The van der Waals surface area contributed by atoms with Gasteiger partial charge in [-0.15, -0.1) is 0 Å². The Morgan fingerprint density at radius 3 is 2.62 bits per heavy atom. The van der Waals surface area contributed by atoms with Gasteiger partial charge in [0.1, 0.15) is 6.26 Å². The first-order chi connectivity index (χ1) is 3.81. The van der Waals surface area contributed by atoms with Crippen LogP contribution in [0.1, 0.15) is 26.7 Å². The van der Waals surface area contributed by atoms with E-state index >= 15 is 0 Å². The van der Waals surface area contributed by atoms with Gasteiger partial charge in [0.05, 0.1) is 0 Å². The minimum Gasteiger partial charge on any atom is -0.299 e. The molecule has 8 heavy (non-hydrogen) atoms. The second-order valence-corrected chi connectivity index (χ2v) is 2.12. The average molecular weight is 113 g/mol. The molecule has 0 saturated heterocycles. The Kier molecular flexibility index (Phi) is 4.42. The Bertz CT molecular complexity index is 66.8. The van der Waals surface area contributed by atoms with E-state index in [9.17, 15) is 5.11 Å². The van der Waals surface area contributed by atoms with E-state index in [1.807, 2.05) is 0 Å². The first-order valence-corrected chi connectivity index (χ1v) is 3.08. The summed E-state index contributed by atoms with van der Waals surface area (Å²) in [6.07, 6.45) is 4.63. The molecule has 0 aromatic carbocycles. The first kappa shape index (κ1) is 7.54. The van der Waals surface area contributed by atoms with Gasteiger partial charge < -0.3 is 0 Å². The van der Waals surface area contributed by atoms with Gasteiger partial charge >= 0.3 is 0 Å². The highest BCUT2D eigenvalue weighted by molar-refractivity contribution is 4.73. The maximum atomic E-state index is 9.77. The maximum Gasteiger partial charge on any atom is 0.138 e. The molecule has 0 aromatic rings. The topological polar surface area (TPSA) is 19.9 Å². The van der Waals surface area contributed by atoms with Gasteiger partial charge in [-0.05, 0) is 18.4 Å². The molecular weight excluding hydrogens is 100 g/mol. The lowest BCUT2D eigenvalue weighted by Crippen LogP contribution is -1.87. The molecule has 0 fully saturated rings. The number of allylic oxidation sites excluding steroid dienone is 1. The smallest absolute Gasteiger partial charge is 0.138 e. The van der Waals surface area contributed by atoms with Crippen molar-refractivity contribution in [2.75, 3.05) is 0 Å². The largest absolute Gasteiger partial charge is 0.299 e. The van der Waals surface area contributed by atoms with Crippen molar-refractivity contribution in [3.05, 3.63) is 12.3 Å². The highest BCUT2D eigenvalue weighted by Crippen LogP contribution is 2.05. The lowest BCUT2D eigenvalue weighted by atomic mass is 10.1. The predicted octanol–water partition coefficient (Wildman–Crippen LogP) is 2.37. The molecule has 0 aliphatic rings. The van der Waals surface area contributed by atoms with Gasteiger partial charge in [0.2, 0.25) is 0 Å². The molecule has 0 spiro atoms. The summed E-state index contributed by atoms with van der Waals surface area (Å²) in [6, 6.07) is 0. The van der Waals surface area contributed by atoms with Crippen molar-refractivity contribution in [3.63, 3.8) is 0 Å². The Balaban J connectivity index is 3.10. The standard InChI is InChI=1S/C7H13O/c1-3-7(2)5-4-6-8/h4,6-7H,3,5H2,1-2H3/b6-4+. The molecule has 1 nitrogen and oxygen atoms in total. The molecule has 1 unspecified atom stereocenters. The summed E-state index contributed by atoms with van der Waals surface area (Å²) in [5.74, 6) is 0.667. The molecule has 0 heterocycles. The van der Waals surface area contributed by atoms with Gasteiger partial charge in [-0.25, -0.2) is 0 Å². The highest BCUT2D eigenvalue weighted by atomic mass is 16.2. The van der Waals surface area contributed by atoms with Crippen LogP contribution in [-0.4, -0.2) is 0 Å². The predicted molar refractivity (Wildman–Crippen MR) is 33.9 cm³/mol. The van der Waals surface area contributed by atoms with Crippen molar-refractivity contribution in [3.8, 4) is 0 Å². The molecule has 1 radical (unpaired) electrons. The normalized spacial score (nSPS) is 14.8. The average Bonchev–Trinajstić information content (AvgIpc) is 1.83. The SMILES string of the molecule is CCC(C)C/C=C/[O]. The zero-order valence-corrected chi connectivity index (χ0v) is 5.55. The molecule has 0 amide bonds. The van der Waals surface area contributed by atoms with Crippen LogP contribution in [0.4, 0.5) is 0 Å². The Hall–Kier alpha value is -0.460. The first-order valence-electron chi connectivity index (χ1n) is 3.08. The third-order valence-electron chi connectivity index (χ3n) is 1.33. The third-order valence-corrected chi connectivity index (χ3v) is 1.33. The molecule has 47 valence electrons. The second-order valence-electron chi connectivity index (χ2n) is 2.12. The summed E-state index contributed by atoms with van der Waals surface area (Å²) < 4.78 is 0. The van der Waals surface area contributed by atoms with Crippen molar-refractivity contribution in [1.82, 2.24) is 0 Å². The van der Waals surface area contributed by atoms with Gasteiger partial charge in [0.25, 0.3) is 0 Å². The van der Waals surface area contributed by atoms with Crippen LogP contribution in [0.2, 0.25) is 0 Å². The van der Waals surface area contributed by atoms with Crippen LogP contribution < -0.4 is 0 Å². The lowest BCUT2D eigenvalue weighted by Gasteiger charge is -2.00. The van der Waals surface area contributed by atoms with Gasteiger partial charge in [-0.1, -0.05) is 20.3 Å². The number of rotatable bonds is 3. The number of hydrogen-bond donors (Lipinski definition) is 0. The van der Waals surface area contributed by atoms with Gasteiger partial charge in [-0.3, -0.25) is 5.11 Å². The van der Waals surface area contributed by atoms with Crippen molar-refractivity contribution >= 4 is 0 Å². The van der Waals surface area contributed by atoms with Crippen LogP contribution in [0.5, 0.6) is 0 Å². The van der Waals surface area contributed by atoms with Crippen LogP contribution in [0.25, 0.3) is 0 Å². The lowest BCUT2D eigenvalue weighted by molar-refractivity contribution is 0.348. The van der Waals surface area contributed by atoms with E-state index in [1.54, 1.807) is 6.08 Å². The molecule has 0 aliphatic heterocycles. The quantitative estimate of drug-likeness (QED) is 0.501. The fraction of sp³-hybridized carbons (Fsp3) is 0.714. The minimum absolute atomic E-state index is 0.667. The van der Waals surface area contributed by atoms with Gasteiger partial charge in [0.15, 0.2) is 0 Å². The Morgan fingerprint density at radius 2 is 2.25 bits per heavy atom. The molecular formula is C7H13O. The van der Waals surface area contributed by atoms with Crippen molar-refractivity contribution in [2.24, 2.45) is 5.92 Å². The summed E-state index contributed by atoms with van der Waals surface area (Å²) in [7, 11) is 0. The highest BCUT2D eigenvalue weighted by Gasteiger charge is 1.92. The summed E-state index contributed by atoms with van der Waals surface area (Å²) in [6.45, 7) is 4.27. The molecule has 0 aromatic heterocycles. The van der Waals surface area contributed by atoms with Crippen LogP contribution in [0, 0.1) is 5.92 Å².